The Labute approximate surface area is 136 Å². The van der Waals surface area contributed by atoms with Gasteiger partial charge < -0.3 is 20.5 Å². The van der Waals surface area contributed by atoms with E-state index < -0.39 is 6.04 Å². The molecule has 2 aromatic rings. The van der Waals surface area contributed by atoms with Crippen LogP contribution in [0.5, 0.6) is 11.5 Å². The van der Waals surface area contributed by atoms with Gasteiger partial charge in [0.15, 0.2) is 11.5 Å². The highest BCUT2D eigenvalue weighted by molar-refractivity contribution is 5.81. The Balaban J connectivity index is 1.99. The summed E-state index contributed by atoms with van der Waals surface area (Å²) in [4.78, 5) is 11.6. The quantitative estimate of drug-likeness (QED) is 0.782. The van der Waals surface area contributed by atoms with Crippen molar-refractivity contribution in [2.75, 3.05) is 20.8 Å². The lowest BCUT2D eigenvalue weighted by Crippen LogP contribution is -2.34. The molecule has 5 nitrogen and oxygen atoms in total. The molecular weight excluding hydrogens is 292 g/mol. The van der Waals surface area contributed by atoms with Crippen molar-refractivity contribution in [1.82, 2.24) is 5.32 Å². The summed E-state index contributed by atoms with van der Waals surface area (Å²) in [5.74, 6) is 1.01. The summed E-state index contributed by atoms with van der Waals surface area (Å²) in [5.41, 5.74) is 7.45. The van der Waals surface area contributed by atoms with Gasteiger partial charge in [0.1, 0.15) is 6.04 Å². The molecular formula is C18H22N2O3. The van der Waals surface area contributed by atoms with Crippen molar-refractivity contribution in [2.45, 2.75) is 12.5 Å². The van der Waals surface area contributed by atoms with E-state index in [1.165, 1.54) is 0 Å². The van der Waals surface area contributed by atoms with Crippen LogP contribution in [-0.2, 0) is 11.2 Å². The minimum Gasteiger partial charge on any atom is -0.493 e. The van der Waals surface area contributed by atoms with Gasteiger partial charge in [-0.3, -0.25) is 4.79 Å². The standard InChI is InChI=1S/C18H22N2O3/c1-22-15-9-8-13(12-16(15)23-2)10-11-20-17(18(19)21)14-6-4-3-5-7-14/h3-9,12,17,20H,10-11H2,1-2H3,(H2,19,21)/t17-/m0/s1. The highest BCUT2D eigenvalue weighted by atomic mass is 16.5. The Morgan fingerprint density at radius 1 is 1.09 bits per heavy atom. The number of hydrogen-bond acceptors (Lipinski definition) is 4. The molecule has 0 saturated carbocycles. The van der Waals surface area contributed by atoms with Gasteiger partial charge in [-0.1, -0.05) is 36.4 Å². The van der Waals surface area contributed by atoms with Crippen molar-refractivity contribution in [1.29, 1.82) is 0 Å². The first-order chi connectivity index (χ1) is 11.2. The number of amides is 1. The van der Waals surface area contributed by atoms with Gasteiger partial charge in [-0.15, -0.1) is 0 Å². The molecule has 0 unspecified atom stereocenters. The number of hydrogen-bond donors (Lipinski definition) is 2. The van der Waals surface area contributed by atoms with Gasteiger partial charge in [-0.2, -0.15) is 0 Å². The zero-order chi connectivity index (χ0) is 16.7. The maximum atomic E-state index is 11.6. The molecule has 0 aliphatic carbocycles. The molecule has 0 bridgehead atoms. The van der Waals surface area contributed by atoms with E-state index >= 15 is 0 Å². The Kier molecular flexibility index (Phi) is 6.00. The number of carbonyl (C=O) groups excluding carboxylic acids is 1. The number of ether oxygens (including phenoxy) is 2. The van der Waals surface area contributed by atoms with E-state index in [1.54, 1.807) is 14.2 Å². The number of methoxy groups -OCH3 is 2. The highest BCUT2D eigenvalue weighted by Crippen LogP contribution is 2.27. The summed E-state index contributed by atoms with van der Waals surface area (Å²) in [7, 11) is 3.22. The molecule has 0 heterocycles. The van der Waals surface area contributed by atoms with Crippen LogP contribution in [0.1, 0.15) is 17.2 Å². The predicted molar refractivity (Wildman–Crippen MR) is 89.6 cm³/mol. The minimum absolute atomic E-state index is 0.386. The van der Waals surface area contributed by atoms with Crippen molar-refractivity contribution >= 4 is 5.91 Å². The Morgan fingerprint density at radius 3 is 2.39 bits per heavy atom. The molecule has 0 aromatic heterocycles. The second-order valence-corrected chi connectivity index (χ2v) is 5.14. The van der Waals surface area contributed by atoms with E-state index in [-0.39, 0.29) is 5.91 Å². The van der Waals surface area contributed by atoms with Gasteiger partial charge >= 0.3 is 0 Å². The Hall–Kier alpha value is -2.53. The fraction of sp³-hybridized carbons (Fsp3) is 0.278. The maximum absolute atomic E-state index is 11.6. The molecule has 5 heteroatoms. The third kappa shape index (κ3) is 4.47. The number of benzene rings is 2. The lowest BCUT2D eigenvalue weighted by molar-refractivity contribution is -0.120. The van der Waals surface area contributed by atoms with Gasteiger partial charge in [-0.25, -0.2) is 0 Å². The van der Waals surface area contributed by atoms with Crippen molar-refractivity contribution in [2.24, 2.45) is 5.73 Å². The number of nitrogens with one attached hydrogen (secondary N) is 1. The van der Waals surface area contributed by atoms with Crippen molar-refractivity contribution in [3.63, 3.8) is 0 Å². The maximum Gasteiger partial charge on any atom is 0.239 e. The normalized spacial score (nSPS) is 11.7. The SMILES string of the molecule is COc1ccc(CCN[C@H](C(N)=O)c2ccccc2)cc1OC. The average Bonchev–Trinajstić information content (AvgIpc) is 2.58. The van der Waals surface area contributed by atoms with E-state index in [0.717, 1.165) is 17.5 Å². The number of nitrogens with two attached hydrogens (primary N) is 1. The van der Waals surface area contributed by atoms with E-state index in [4.69, 9.17) is 15.2 Å². The van der Waals surface area contributed by atoms with Crippen LogP contribution in [-0.4, -0.2) is 26.7 Å². The zero-order valence-corrected chi connectivity index (χ0v) is 13.4. The van der Waals surface area contributed by atoms with E-state index in [0.29, 0.717) is 18.0 Å². The largest absolute Gasteiger partial charge is 0.493 e. The molecule has 0 saturated heterocycles. The van der Waals surface area contributed by atoms with Crippen LogP contribution in [0.3, 0.4) is 0 Å². The fourth-order valence-electron chi connectivity index (χ4n) is 2.43. The molecule has 1 amide bonds. The Bertz CT molecular complexity index is 644. The molecule has 0 radical (unpaired) electrons. The average molecular weight is 314 g/mol. The molecule has 0 fully saturated rings. The number of primary amides is 1. The molecule has 2 rings (SSSR count). The van der Waals surface area contributed by atoms with Crippen molar-refractivity contribution in [3.8, 4) is 11.5 Å². The molecule has 23 heavy (non-hydrogen) atoms. The van der Waals surface area contributed by atoms with Crippen LogP contribution in [0.25, 0.3) is 0 Å². The highest BCUT2D eigenvalue weighted by Gasteiger charge is 2.16. The third-order valence-electron chi connectivity index (χ3n) is 3.63. The lowest BCUT2D eigenvalue weighted by Gasteiger charge is -2.16. The van der Waals surface area contributed by atoms with Gasteiger partial charge in [0.2, 0.25) is 5.91 Å². The smallest absolute Gasteiger partial charge is 0.239 e. The summed E-state index contributed by atoms with van der Waals surface area (Å²) in [6, 6.07) is 14.8. The first kappa shape index (κ1) is 16.8. The first-order valence-electron chi connectivity index (χ1n) is 7.44. The van der Waals surface area contributed by atoms with Crippen molar-refractivity contribution < 1.29 is 14.3 Å². The summed E-state index contributed by atoms with van der Waals surface area (Å²) in [6.07, 6.45) is 0.747. The van der Waals surface area contributed by atoms with Crippen LogP contribution in [0, 0.1) is 0 Å². The second-order valence-electron chi connectivity index (χ2n) is 5.14. The number of carbonyl (C=O) groups is 1. The third-order valence-corrected chi connectivity index (χ3v) is 3.63. The van der Waals surface area contributed by atoms with Gasteiger partial charge in [0.05, 0.1) is 14.2 Å². The number of rotatable bonds is 8. The van der Waals surface area contributed by atoms with Crippen LogP contribution in [0.4, 0.5) is 0 Å². The summed E-state index contributed by atoms with van der Waals surface area (Å²) in [6.45, 7) is 0.623. The zero-order valence-electron chi connectivity index (χ0n) is 13.4. The molecule has 3 N–H and O–H groups in total. The van der Waals surface area contributed by atoms with E-state index in [2.05, 4.69) is 5.32 Å². The van der Waals surface area contributed by atoms with Crippen LogP contribution < -0.4 is 20.5 Å². The molecule has 0 spiro atoms. The first-order valence-corrected chi connectivity index (χ1v) is 7.44. The van der Waals surface area contributed by atoms with Gasteiger partial charge in [0.25, 0.3) is 0 Å². The Morgan fingerprint density at radius 2 is 1.78 bits per heavy atom. The van der Waals surface area contributed by atoms with E-state index in [9.17, 15) is 4.79 Å². The molecule has 2 aromatic carbocycles. The summed E-state index contributed by atoms with van der Waals surface area (Å²) in [5, 5.41) is 3.20. The van der Waals surface area contributed by atoms with Gasteiger partial charge in [0, 0.05) is 6.54 Å². The van der Waals surface area contributed by atoms with Crippen LogP contribution in [0.15, 0.2) is 48.5 Å². The van der Waals surface area contributed by atoms with Crippen molar-refractivity contribution in [3.05, 3.63) is 59.7 Å². The fourth-order valence-corrected chi connectivity index (χ4v) is 2.43. The molecule has 122 valence electrons. The van der Waals surface area contributed by atoms with Crippen LogP contribution >= 0.6 is 0 Å². The minimum atomic E-state index is -0.489. The van der Waals surface area contributed by atoms with Gasteiger partial charge in [-0.05, 0) is 29.7 Å². The molecule has 0 aliphatic rings. The lowest BCUT2D eigenvalue weighted by atomic mass is 10.1. The molecule has 0 aliphatic heterocycles. The predicted octanol–water partition coefficient (Wildman–Crippen LogP) is 2.06. The van der Waals surface area contributed by atoms with E-state index in [1.807, 2.05) is 48.5 Å². The summed E-state index contributed by atoms with van der Waals surface area (Å²) >= 11 is 0. The molecule has 1 atom stereocenters. The van der Waals surface area contributed by atoms with Crippen LogP contribution in [0.2, 0.25) is 0 Å². The summed E-state index contributed by atoms with van der Waals surface area (Å²) < 4.78 is 10.5. The second kappa shape index (κ2) is 8.19. The topological polar surface area (TPSA) is 73.6 Å². The monoisotopic (exact) mass is 314 g/mol.